The van der Waals surface area contributed by atoms with Crippen molar-refractivity contribution >= 4 is 27.6 Å². The van der Waals surface area contributed by atoms with Gasteiger partial charge in [0.15, 0.2) is 0 Å². The Labute approximate surface area is 109 Å². The molecule has 0 aliphatic carbocycles. The Morgan fingerprint density at radius 1 is 1.24 bits per heavy atom. The average Bonchev–Trinajstić information content (AvgIpc) is 2.39. The Kier molecular flexibility index (Phi) is 3.71. The summed E-state index contributed by atoms with van der Waals surface area (Å²) >= 11 is 3.32. The van der Waals surface area contributed by atoms with Crippen molar-refractivity contribution in [3.05, 3.63) is 46.7 Å². The maximum Gasteiger partial charge on any atom is 0.229 e. The van der Waals surface area contributed by atoms with E-state index in [1.807, 2.05) is 36.2 Å². The van der Waals surface area contributed by atoms with E-state index in [4.69, 9.17) is 5.73 Å². The molecular formula is C12H13BrN4. The summed E-state index contributed by atoms with van der Waals surface area (Å²) in [5.74, 6) is 0.647. The Hall–Kier alpha value is -1.46. The maximum atomic E-state index is 5.72. The molecule has 0 saturated carbocycles. The zero-order chi connectivity index (χ0) is 12.3. The Morgan fingerprint density at radius 3 is 2.53 bits per heavy atom. The maximum absolute atomic E-state index is 5.72. The van der Waals surface area contributed by atoms with Crippen LogP contribution in [0, 0.1) is 0 Å². The molecule has 2 aromatic rings. The van der Waals surface area contributed by atoms with E-state index in [1.165, 1.54) is 0 Å². The number of anilines is 2. The number of hydrogen-bond acceptors (Lipinski definition) is 4. The lowest BCUT2D eigenvalue weighted by atomic mass is 10.1. The van der Waals surface area contributed by atoms with E-state index in [1.54, 1.807) is 12.4 Å². The number of nitrogens with zero attached hydrogens (tertiary/aromatic N) is 3. The van der Waals surface area contributed by atoms with Crippen molar-refractivity contribution in [3.8, 4) is 0 Å². The molecule has 0 fully saturated rings. The summed E-state index contributed by atoms with van der Waals surface area (Å²) in [6.45, 7) is 0.497. The molecule has 0 aliphatic rings. The summed E-state index contributed by atoms with van der Waals surface area (Å²) in [5.41, 5.74) is 7.81. The van der Waals surface area contributed by atoms with Crippen molar-refractivity contribution in [1.82, 2.24) is 9.97 Å². The second-order valence-corrected chi connectivity index (χ2v) is 4.51. The Morgan fingerprint density at radius 2 is 1.88 bits per heavy atom. The van der Waals surface area contributed by atoms with Gasteiger partial charge in [-0.3, -0.25) is 0 Å². The third-order valence-electron chi connectivity index (χ3n) is 2.48. The number of benzene rings is 1. The highest BCUT2D eigenvalue weighted by molar-refractivity contribution is 9.10. The van der Waals surface area contributed by atoms with Crippen LogP contribution in [0.2, 0.25) is 0 Å². The molecule has 88 valence electrons. The molecule has 0 atom stereocenters. The number of para-hydroxylation sites is 1. The summed E-state index contributed by atoms with van der Waals surface area (Å²) in [4.78, 5) is 10.4. The molecule has 2 rings (SSSR count). The molecule has 0 spiro atoms. The first-order valence-electron chi connectivity index (χ1n) is 5.21. The van der Waals surface area contributed by atoms with Crippen LogP contribution in [0.25, 0.3) is 0 Å². The first-order chi connectivity index (χ1) is 8.22. The van der Waals surface area contributed by atoms with Crippen molar-refractivity contribution in [3.63, 3.8) is 0 Å². The molecule has 0 amide bonds. The Balaban J connectivity index is 2.36. The SMILES string of the molecule is CN(c1ncc(Br)cn1)c1ccccc1CN. The molecule has 0 radical (unpaired) electrons. The lowest BCUT2D eigenvalue weighted by Crippen LogP contribution is -2.15. The van der Waals surface area contributed by atoms with Crippen LogP contribution < -0.4 is 10.6 Å². The first kappa shape index (κ1) is 12.0. The summed E-state index contributed by atoms with van der Waals surface area (Å²) < 4.78 is 0.863. The molecule has 0 aliphatic heterocycles. The first-order valence-corrected chi connectivity index (χ1v) is 6.01. The van der Waals surface area contributed by atoms with Gasteiger partial charge in [-0.2, -0.15) is 0 Å². The molecule has 1 heterocycles. The molecular weight excluding hydrogens is 280 g/mol. The van der Waals surface area contributed by atoms with E-state index in [0.717, 1.165) is 15.7 Å². The number of hydrogen-bond donors (Lipinski definition) is 1. The van der Waals surface area contributed by atoms with Gasteiger partial charge in [0, 0.05) is 31.7 Å². The predicted octanol–water partition coefficient (Wildman–Crippen LogP) is 2.47. The zero-order valence-electron chi connectivity index (χ0n) is 9.47. The molecule has 4 nitrogen and oxygen atoms in total. The van der Waals surface area contributed by atoms with Crippen LogP contribution in [0.3, 0.4) is 0 Å². The quantitative estimate of drug-likeness (QED) is 0.944. The average molecular weight is 293 g/mol. The van der Waals surface area contributed by atoms with E-state index >= 15 is 0 Å². The fourth-order valence-corrected chi connectivity index (χ4v) is 1.80. The molecule has 0 unspecified atom stereocenters. The fourth-order valence-electron chi connectivity index (χ4n) is 1.60. The minimum atomic E-state index is 0.497. The van der Waals surface area contributed by atoms with Crippen molar-refractivity contribution < 1.29 is 0 Å². The van der Waals surface area contributed by atoms with Gasteiger partial charge in [0.25, 0.3) is 0 Å². The van der Waals surface area contributed by atoms with Crippen LogP contribution in [-0.4, -0.2) is 17.0 Å². The fraction of sp³-hybridized carbons (Fsp3) is 0.167. The lowest BCUT2D eigenvalue weighted by Gasteiger charge is -2.19. The highest BCUT2D eigenvalue weighted by Gasteiger charge is 2.09. The van der Waals surface area contributed by atoms with Crippen molar-refractivity contribution in [2.24, 2.45) is 5.73 Å². The van der Waals surface area contributed by atoms with Gasteiger partial charge in [0.2, 0.25) is 5.95 Å². The number of aromatic nitrogens is 2. The van der Waals surface area contributed by atoms with Crippen LogP contribution in [-0.2, 0) is 6.54 Å². The van der Waals surface area contributed by atoms with E-state index in [2.05, 4.69) is 25.9 Å². The van der Waals surface area contributed by atoms with Crippen LogP contribution in [0.5, 0.6) is 0 Å². The smallest absolute Gasteiger partial charge is 0.229 e. The van der Waals surface area contributed by atoms with Gasteiger partial charge in [-0.1, -0.05) is 18.2 Å². The second-order valence-electron chi connectivity index (χ2n) is 3.59. The third kappa shape index (κ3) is 2.62. The summed E-state index contributed by atoms with van der Waals surface area (Å²) in [5, 5.41) is 0. The van der Waals surface area contributed by atoms with Gasteiger partial charge in [-0.05, 0) is 27.6 Å². The molecule has 0 saturated heterocycles. The summed E-state index contributed by atoms with van der Waals surface area (Å²) in [6, 6.07) is 7.96. The van der Waals surface area contributed by atoms with Gasteiger partial charge in [0.1, 0.15) is 0 Å². The molecule has 1 aromatic carbocycles. The van der Waals surface area contributed by atoms with Gasteiger partial charge >= 0.3 is 0 Å². The van der Waals surface area contributed by atoms with Crippen molar-refractivity contribution in [2.45, 2.75) is 6.54 Å². The number of halogens is 1. The Bertz CT molecular complexity index is 498. The summed E-state index contributed by atoms with van der Waals surface area (Å²) in [7, 11) is 1.93. The van der Waals surface area contributed by atoms with Crippen LogP contribution in [0.4, 0.5) is 11.6 Å². The van der Waals surface area contributed by atoms with Gasteiger partial charge in [-0.15, -0.1) is 0 Å². The minimum Gasteiger partial charge on any atom is -0.326 e. The van der Waals surface area contributed by atoms with Crippen molar-refractivity contribution in [1.29, 1.82) is 0 Å². The van der Waals surface area contributed by atoms with Crippen LogP contribution >= 0.6 is 15.9 Å². The summed E-state index contributed by atoms with van der Waals surface area (Å²) in [6.07, 6.45) is 3.45. The van der Waals surface area contributed by atoms with Crippen LogP contribution in [0.1, 0.15) is 5.56 Å². The third-order valence-corrected chi connectivity index (χ3v) is 2.89. The van der Waals surface area contributed by atoms with Gasteiger partial charge in [0.05, 0.1) is 4.47 Å². The van der Waals surface area contributed by atoms with Crippen LogP contribution in [0.15, 0.2) is 41.1 Å². The van der Waals surface area contributed by atoms with E-state index < -0.39 is 0 Å². The molecule has 2 N–H and O–H groups in total. The molecule has 5 heteroatoms. The van der Waals surface area contributed by atoms with E-state index in [0.29, 0.717) is 12.5 Å². The van der Waals surface area contributed by atoms with E-state index in [-0.39, 0.29) is 0 Å². The highest BCUT2D eigenvalue weighted by Crippen LogP contribution is 2.24. The topological polar surface area (TPSA) is 55.0 Å². The normalized spacial score (nSPS) is 10.3. The zero-order valence-corrected chi connectivity index (χ0v) is 11.1. The standard InChI is InChI=1S/C12H13BrN4/c1-17(12-15-7-10(13)8-16-12)11-5-3-2-4-9(11)6-14/h2-5,7-8H,6,14H2,1H3. The number of nitrogens with two attached hydrogens (primary N) is 1. The molecule has 17 heavy (non-hydrogen) atoms. The monoisotopic (exact) mass is 292 g/mol. The minimum absolute atomic E-state index is 0.497. The second kappa shape index (κ2) is 5.25. The highest BCUT2D eigenvalue weighted by atomic mass is 79.9. The predicted molar refractivity (Wildman–Crippen MR) is 72.1 cm³/mol. The largest absolute Gasteiger partial charge is 0.326 e. The van der Waals surface area contributed by atoms with E-state index in [9.17, 15) is 0 Å². The molecule has 1 aromatic heterocycles. The van der Waals surface area contributed by atoms with Gasteiger partial charge < -0.3 is 10.6 Å². The van der Waals surface area contributed by atoms with Crippen molar-refractivity contribution in [2.75, 3.05) is 11.9 Å². The molecule has 0 bridgehead atoms. The number of rotatable bonds is 3. The lowest BCUT2D eigenvalue weighted by molar-refractivity contribution is 0.999. The van der Waals surface area contributed by atoms with Gasteiger partial charge in [-0.25, -0.2) is 9.97 Å².